The number of aromatic nitrogens is 4. The summed E-state index contributed by atoms with van der Waals surface area (Å²) >= 11 is 0. The van der Waals surface area contributed by atoms with Crippen molar-refractivity contribution in [2.75, 3.05) is 11.3 Å². The maximum Gasteiger partial charge on any atom is 0.264 e. The van der Waals surface area contributed by atoms with Gasteiger partial charge in [-0.2, -0.15) is 10.1 Å². The van der Waals surface area contributed by atoms with Crippen LogP contribution in [0.2, 0.25) is 0 Å². The summed E-state index contributed by atoms with van der Waals surface area (Å²) in [4.78, 5) is 25.1. The molecule has 0 unspecified atom stereocenters. The number of hydrogen-bond acceptors (Lipinski definition) is 7. The summed E-state index contributed by atoms with van der Waals surface area (Å²) in [6.07, 6.45) is 4.23. The molecule has 0 fully saturated rings. The van der Waals surface area contributed by atoms with Crippen molar-refractivity contribution in [3.8, 4) is 17.1 Å². The van der Waals surface area contributed by atoms with E-state index in [1.54, 1.807) is 33.8 Å². The van der Waals surface area contributed by atoms with Crippen LogP contribution in [0.15, 0.2) is 84.0 Å². The number of aryl methyl sites for hydroxylation is 2. The SMILES string of the molecule is Cc1cccc(C)c1-c1cc2nc(n1)NS(=O)(=O)c1cccc(c1)C(=O)N(Cc1cnn3ccccc13)[C@H](CC(C)(C)C)CO2. The first kappa shape index (κ1) is 30.3. The smallest absolute Gasteiger partial charge is 0.264 e. The van der Waals surface area contributed by atoms with Crippen molar-refractivity contribution in [2.24, 2.45) is 5.41 Å². The normalized spacial score (nSPS) is 16.7. The van der Waals surface area contributed by atoms with Crippen molar-refractivity contribution in [2.45, 2.75) is 58.5 Å². The number of fused-ring (bicyclic) bond motifs is 5. The van der Waals surface area contributed by atoms with Gasteiger partial charge in [0.25, 0.3) is 15.9 Å². The summed E-state index contributed by atoms with van der Waals surface area (Å²) in [6, 6.07) is 19.1. The molecule has 0 aliphatic carbocycles. The van der Waals surface area contributed by atoms with Crippen LogP contribution in [0, 0.1) is 19.3 Å². The number of sulfonamides is 1. The fraction of sp³-hybridized carbons (Fsp3) is 0.294. The molecule has 4 bridgehead atoms. The van der Waals surface area contributed by atoms with E-state index in [1.165, 1.54) is 12.1 Å². The lowest BCUT2D eigenvalue weighted by Crippen LogP contribution is -2.45. The highest BCUT2D eigenvalue weighted by atomic mass is 32.2. The zero-order chi connectivity index (χ0) is 31.9. The van der Waals surface area contributed by atoms with E-state index >= 15 is 0 Å². The lowest BCUT2D eigenvalue weighted by molar-refractivity contribution is 0.0514. The molecule has 1 amide bonds. The molecular formula is C34H36N6O4S. The summed E-state index contributed by atoms with van der Waals surface area (Å²) in [7, 11) is -4.15. The van der Waals surface area contributed by atoms with Gasteiger partial charge in [0.15, 0.2) is 0 Å². The largest absolute Gasteiger partial charge is 0.475 e. The molecule has 5 aromatic rings. The van der Waals surface area contributed by atoms with Gasteiger partial charge in [0, 0.05) is 29.0 Å². The van der Waals surface area contributed by atoms with E-state index in [-0.39, 0.29) is 46.8 Å². The maximum atomic E-state index is 14.4. The van der Waals surface area contributed by atoms with E-state index in [9.17, 15) is 13.2 Å². The zero-order valence-corrected chi connectivity index (χ0v) is 26.8. The van der Waals surface area contributed by atoms with Crippen LogP contribution in [0.5, 0.6) is 5.88 Å². The highest BCUT2D eigenvalue weighted by Crippen LogP contribution is 2.32. The Balaban J connectivity index is 1.52. The summed E-state index contributed by atoms with van der Waals surface area (Å²) in [6.45, 7) is 10.7. The van der Waals surface area contributed by atoms with Crippen LogP contribution >= 0.6 is 0 Å². The lowest BCUT2D eigenvalue weighted by Gasteiger charge is -2.35. The Labute approximate surface area is 263 Å². The maximum absolute atomic E-state index is 14.4. The van der Waals surface area contributed by atoms with Crippen LogP contribution < -0.4 is 9.46 Å². The van der Waals surface area contributed by atoms with Crippen molar-refractivity contribution in [3.05, 3.63) is 101 Å². The predicted octanol–water partition coefficient (Wildman–Crippen LogP) is 6.05. The van der Waals surface area contributed by atoms with Gasteiger partial charge >= 0.3 is 0 Å². The fourth-order valence-corrected chi connectivity index (χ4v) is 6.83. The van der Waals surface area contributed by atoms with Gasteiger partial charge in [0.2, 0.25) is 11.8 Å². The standard InChI is InChI=1S/C34H36N6O4S/c1-22-10-8-11-23(2)31(22)28-17-30-37-33(36-28)38-45(42,43)27-13-9-12-24(16-27)32(41)39(26(21-44-30)18-34(3,4)5)20-25-19-35-40-15-7-6-14-29(25)40/h6-17,19,26H,18,20-21H2,1-5H3,(H,36,37,38)/t26-/m1/s1. The number of benzene rings is 2. The van der Waals surface area contributed by atoms with Crippen LogP contribution in [-0.4, -0.2) is 51.5 Å². The van der Waals surface area contributed by atoms with Gasteiger partial charge in [-0.25, -0.2) is 22.6 Å². The molecule has 232 valence electrons. The van der Waals surface area contributed by atoms with Crippen LogP contribution in [-0.2, 0) is 16.6 Å². The van der Waals surface area contributed by atoms with Crippen molar-refractivity contribution in [3.63, 3.8) is 0 Å². The molecule has 0 saturated carbocycles. The molecule has 3 aromatic heterocycles. The number of amides is 1. The van der Waals surface area contributed by atoms with Crippen molar-refractivity contribution >= 4 is 27.4 Å². The molecule has 1 aliphatic rings. The second kappa shape index (κ2) is 11.6. The van der Waals surface area contributed by atoms with Gasteiger partial charge < -0.3 is 9.64 Å². The first-order chi connectivity index (χ1) is 21.4. The first-order valence-electron chi connectivity index (χ1n) is 14.8. The Morgan fingerprint density at radius 2 is 1.73 bits per heavy atom. The summed E-state index contributed by atoms with van der Waals surface area (Å²) in [5.74, 6) is -0.223. The number of pyridine rings is 1. The summed E-state index contributed by atoms with van der Waals surface area (Å²) in [5, 5.41) is 4.48. The number of carbonyl (C=O) groups is 1. The Hall–Kier alpha value is -4.77. The molecular weight excluding hydrogens is 588 g/mol. The van der Waals surface area contributed by atoms with Crippen molar-refractivity contribution in [1.82, 2.24) is 24.5 Å². The molecule has 0 saturated heterocycles. The van der Waals surface area contributed by atoms with Gasteiger partial charge in [0.1, 0.15) is 6.61 Å². The first-order valence-corrected chi connectivity index (χ1v) is 16.3. The molecule has 10 nitrogen and oxygen atoms in total. The monoisotopic (exact) mass is 624 g/mol. The Bertz CT molecular complexity index is 1990. The summed E-state index contributed by atoms with van der Waals surface area (Å²) in [5.41, 5.74) is 5.17. The topological polar surface area (TPSA) is 119 Å². The average Bonchev–Trinajstić information content (AvgIpc) is 3.39. The minimum atomic E-state index is -4.15. The average molecular weight is 625 g/mol. The number of nitrogens with one attached hydrogen (secondary N) is 1. The minimum absolute atomic E-state index is 0.0700. The lowest BCUT2D eigenvalue weighted by atomic mass is 9.87. The Morgan fingerprint density at radius 1 is 0.978 bits per heavy atom. The van der Waals surface area contributed by atoms with E-state index in [0.717, 1.165) is 27.8 Å². The summed E-state index contributed by atoms with van der Waals surface area (Å²) < 4.78 is 37.9. The Morgan fingerprint density at radius 3 is 2.49 bits per heavy atom. The van der Waals surface area contributed by atoms with Gasteiger partial charge in [-0.3, -0.25) is 4.79 Å². The van der Waals surface area contributed by atoms with Gasteiger partial charge in [-0.15, -0.1) is 0 Å². The van der Waals surface area contributed by atoms with E-state index in [4.69, 9.17) is 4.74 Å². The fourth-order valence-electron chi connectivity index (χ4n) is 5.84. The molecule has 1 aliphatic heterocycles. The van der Waals surface area contributed by atoms with E-state index in [0.29, 0.717) is 12.1 Å². The van der Waals surface area contributed by atoms with Gasteiger partial charge in [-0.1, -0.05) is 51.1 Å². The van der Waals surface area contributed by atoms with Crippen LogP contribution in [0.1, 0.15) is 54.2 Å². The quantitative estimate of drug-likeness (QED) is 0.259. The van der Waals surface area contributed by atoms with E-state index in [2.05, 4.69) is 40.6 Å². The predicted molar refractivity (Wildman–Crippen MR) is 173 cm³/mol. The van der Waals surface area contributed by atoms with Gasteiger partial charge in [-0.05, 0) is 67.1 Å². The van der Waals surface area contributed by atoms with Gasteiger partial charge in [0.05, 0.1) is 34.9 Å². The molecule has 2 aromatic carbocycles. The highest BCUT2D eigenvalue weighted by molar-refractivity contribution is 7.92. The number of anilines is 1. The minimum Gasteiger partial charge on any atom is -0.475 e. The van der Waals surface area contributed by atoms with Crippen LogP contribution in [0.4, 0.5) is 5.95 Å². The Kier molecular flexibility index (Phi) is 7.82. The van der Waals surface area contributed by atoms with Crippen LogP contribution in [0.3, 0.4) is 0 Å². The number of rotatable bonds is 4. The number of hydrogen-bond donors (Lipinski definition) is 1. The third kappa shape index (κ3) is 6.39. The van der Waals surface area contributed by atoms with Crippen molar-refractivity contribution < 1.29 is 17.9 Å². The molecule has 0 spiro atoms. The molecule has 0 radical (unpaired) electrons. The third-order valence-corrected chi connectivity index (χ3v) is 9.20. The van der Waals surface area contributed by atoms with Crippen molar-refractivity contribution in [1.29, 1.82) is 0 Å². The third-order valence-electron chi connectivity index (χ3n) is 7.88. The van der Waals surface area contributed by atoms with Crippen LogP contribution in [0.25, 0.3) is 16.8 Å². The molecule has 1 N–H and O–H groups in total. The molecule has 1 atom stereocenters. The number of carbonyl (C=O) groups excluding carboxylic acids is 1. The molecule has 4 heterocycles. The van der Waals surface area contributed by atoms with E-state index in [1.807, 2.05) is 56.4 Å². The second-order valence-corrected chi connectivity index (χ2v) is 14.4. The molecule has 11 heteroatoms. The highest BCUT2D eigenvalue weighted by Gasteiger charge is 2.32. The molecule has 45 heavy (non-hydrogen) atoms. The number of ether oxygens (including phenoxy) is 1. The zero-order valence-electron chi connectivity index (χ0n) is 26.0. The van der Waals surface area contributed by atoms with E-state index < -0.39 is 16.1 Å². The number of nitrogens with zero attached hydrogens (tertiary/aromatic N) is 5. The second-order valence-electron chi connectivity index (χ2n) is 12.7. The molecule has 6 rings (SSSR count).